The number of nitrogens with one attached hydrogen (secondary N) is 1. The highest BCUT2D eigenvalue weighted by Gasteiger charge is 2.23. The van der Waals surface area contributed by atoms with Crippen molar-refractivity contribution < 1.29 is 14.7 Å². The van der Waals surface area contributed by atoms with E-state index in [1.165, 1.54) is 6.07 Å². The molecule has 1 aromatic carbocycles. The predicted molar refractivity (Wildman–Crippen MR) is 84.1 cm³/mol. The van der Waals surface area contributed by atoms with Crippen LogP contribution in [0.3, 0.4) is 0 Å². The normalized spacial score (nSPS) is 12.2. The Kier molecular flexibility index (Phi) is 6.95. The number of carboxylic acids is 1. The minimum atomic E-state index is -0.965. The number of rotatable bonds is 7. The number of anilines is 1. The van der Waals surface area contributed by atoms with Gasteiger partial charge in [0.15, 0.2) is 0 Å². The van der Waals surface area contributed by atoms with Gasteiger partial charge >= 0.3 is 5.97 Å². The Balaban J connectivity index is 2.78. The van der Waals surface area contributed by atoms with E-state index in [0.29, 0.717) is 22.3 Å². The van der Waals surface area contributed by atoms with Crippen molar-refractivity contribution in [3.63, 3.8) is 0 Å². The Morgan fingerprint density at radius 2 is 2.05 bits per heavy atom. The molecule has 0 aliphatic carbocycles. The van der Waals surface area contributed by atoms with Crippen LogP contribution in [0.15, 0.2) is 18.2 Å². The molecule has 1 rings (SSSR count). The molecule has 0 spiro atoms. The van der Waals surface area contributed by atoms with Crippen LogP contribution in [-0.4, -0.2) is 41.0 Å². The number of carbonyl (C=O) groups excluding carboxylic acids is 1. The number of hydrogen-bond acceptors (Lipinski definition) is 3. The molecule has 2 N–H and O–H groups in total. The van der Waals surface area contributed by atoms with Crippen molar-refractivity contribution in [2.75, 3.05) is 18.4 Å². The highest BCUT2D eigenvalue weighted by molar-refractivity contribution is 6.36. The largest absolute Gasteiger partial charge is 0.480 e. The number of carboxylic acid groups (broad SMARTS) is 1. The molecule has 0 heterocycles. The third kappa shape index (κ3) is 5.53. The summed E-state index contributed by atoms with van der Waals surface area (Å²) < 4.78 is 0. The van der Waals surface area contributed by atoms with Crippen LogP contribution in [-0.2, 0) is 9.59 Å². The van der Waals surface area contributed by atoms with Crippen LogP contribution in [0.25, 0.3) is 0 Å². The average Bonchev–Trinajstić information content (AvgIpc) is 2.40. The number of halogens is 2. The van der Waals surface area contributed by atoms with E-state index in [4.69, 9.17) is 28.3 Å². The zero-order valence-electron chi connectivity index (χ0n) is 11.9. The fraction of sp³-hybridized carbons (Fsp3) is 0.429. The van der Waals surface area contributed by atoms with E-state index in [1.54, 1.807) is 24.0 Å². The molecule has 0 radical (unpaired) electrons. The predicted octanol–water partition coefficient (Wildman–Crippen LogP) is 3.12. The van der Waals surface area contributed by atoms with Crippen molar-refractivity contribution in [1.82, 2.24) is 4.90 Å². The SMILES string of the molecule is CCCN(CC(=O)O)C(C)C(=O)Nc1ccc(Cl)cc1Cl. The van der Waals surface area contributed by atoms with E-state index in [0.717, 1.165) is 6.42 Å². The van der Waals surface area contributed by atoms with Crippen molar-refractivity contribution in [1.29, 1.82) is 0 Å². The van der Waals surface area contributed by atoms with Gasteiger partial charge in [-0.25, -0.2) is 0 Å². The number of nitrogens with zero attached hydrogens (tertiary/aromatic N) is 1. The number of amides is 1. The van der Waals surface area contributed by atoms with Crippen LogP contribution in [0.2, 0.25) is 10.0 Å². The molecule has 1 amide bonds. The second kappa shape index (κ2) is 8.22. The van der Waals surface area contributed by atoms with Gasteiger partial charge in [0, 0.05) is 5.02 Å². The van der Waals surface area contributed by atoms with Gasteiger partial charge in [-0.2, -0.15) is 0 Å². The fourth-order valence-corrected chi connectivity index (χ4v) is 2.32. The summed E-state index contributed by atoms with van der Waals surface area (Å²) in [7, 11) is 0. The Bertz CT molecular complexity index is 523. The van der Waals surface area contributed by atoms with Gasteiger partial charge in [-0.3, -0.25) is 14.5 Å². The smallest absolute Gasteiger partial charge is 0.317 e. The van der Waals surface area contributed by atoms with Gasteiger partial charge < -0.3 is 10.4 Å². The second-order valence-electron chi connectivity index (χ2n) is 4.65. The van der Waals surface area contributed by atoms with Gasteiger partial charge in [0.2, 0.25) is 5.91 Å². The van der Waals surface area contributed by atoms with Crippen LogP contribution in [0.5, 0.6) is 0 Å². The Hall–Kier alpha value is -1.30. The standard InChI is InChI=1S/C14H18Cl2N2O3/c1-3-6-18(8-13(19)20)9(2)14(21)17-12-5-4-10(15)7-11(12)16/h4-5,7,9H,3,6,8H2,1-2H3,(H,17,21)(H,19,20). The minimum Gasteiger partial charge on any atom is -0.480 e. The summed E-state index contributed by atoms with van der Waals surface area (Å²) in [5.74, 6) is -1.28. The summed E-state index contributed by atoms with van der Waals surface area (Å²) in [4.78, 5) is 24.7. The van der Waals surface area contributed by atoms with Crippen molar-refractivity contribution in [2.45, 2.75) is 26.3 Å². The number of benzene rings is 1. The van der Waals surface area contributed by atoms with Crippen LogP contribution < -0.4 is 5.32 Å². The molecular weight excluding hydrogens is 315 g/mol. The number of hydrogen-bond donors (Lipinski definition) is 2. The monoisotopic (exact) mass is 332 g/mol. The summed E-state index contributed by atoms with van der Waals surface area (Å²) in [6.07, 6.45) is 0.757. The zero-order chi connectivity index (χ0) is 16.0. The van der Waals surface area contributed by atoms with Gasteiger partial charge in [-0.1, -0.05) is 30.1 Å². The maximum atomic E-state index is 12.2. The van der Waals surface area contributed by atoms with E-state index in [1.807, 2.05) is 6.92 Å². The topological polar surface area (TPSA) is 69.6 Å². The second-order valence-corrected chi connectivity index (χ2v) is 5.50. The molecular formula is C14H18Cl2N2O3. The van der Waals surface area contributed by atoms with Crippen LogP contribution in [0, 0.1) is 0 Å². The Morgan fingerprint density at radius 3 is 2.57 bits per heavy atom. The van der Waals surface area contributed by atoms with Gasteiger partial charge in [0.25, 0.3) is 0 Å². The molecule has 0 aliphatic heterocycles. The molecule has 0 saturated carbocycles. The lowest BCUT2D eigenvalue weighted by molar-refractivity contribution is -0.139. The van der Waals surface area contributed by atoms with Crippen LogP contribution >= 0.6 is 23.2 Å². The zero-order valence-corrected chi connectivity index (χ0v) is 13.4. The van der Waals surface area contributed by atoms with Gasteiger partial charge in [-0.05, 0) is 38.1 Å². The average molecular weight is 333 g/mol. The van der Waals surface area contributed by atoms with Crippen LogP contribution in [0.1, 0.15) is 20.3 Å². The van der Waals surface area contributed by atoms with E-state index >= 15 is 0 Å². The quantitative estimate of drug-likeness (QED) is 0.804. The number of aliphatic carboxylic acids is 1. The first kappa shape index (κ1) is 17.8. The molecule has 7 heteroatoms. The first-order valence-electron chi connectivity index (χ1n) is 6.57. The maximum absolute atomic E-state index is 12.2. The van der Waals surface area contributed by atoms with Crippen molar-refractivity contribution in [3.8, 4) is 0 Å². The fourth-order valence-electron chi connectivity index (χ4n) is 1.86. The van der Waals surface area contributed by atoms with Gasteiger partial charge in [0.05, 0.1) is 23.3 Å². The Morgan fingerprint density at radius 1 is 1.38 bits per heavy atom. The third-order valence-electron chi connectivity index (χ3n) is 2.97. The molecule has 1 aromatic rings. The van der Waals surface area contributed by atoms with E-state index < -0.39 is 12.0 Å². The molecule has 0 fully saturated rings. The molecule has 0 bridgehead atoms. The maximum Gasteiger partial charge on any atom is 0.317 e. The Labute approximate surface area is 133 Å². The lowest BCUT2D eigenvalue weighted by Gasteiger charge is -2.26. The summed E-state index contributed by atoms with van der Waals surface area (Å²) >= 11 is 11.8. The lowest BCUT2D eigenvalue weighted by Crippen LogP contribution is -2.44. The molecule has 21 heavy (non-hydrogen) atoms. The molecule has 0 saturated heterocycles. The van der Waals surface area contributed by atoms with E-state index in [9.17, 15) is 9.59 Å². The molecule has 116 valence electrons. The van der Waals surface area contributed by atoms with E-state index in [-0.39, 0.29) is 12.5 Å². The minimum absolute atomic E-state index is 0.184. The number of carbonyl (C=O) groups is 2. The molecule has 1 unspecified atom stereocenters. The highest BCUT2D eigenvalue weighted by Crippen LogP contribution is 2.25. The summed E-state index contributed by atoms with van der Waals surface area (Å²) in [6.45, 7) is 3.93. The van der Waals surface area contributed by atoms with Gasteiger partial charge in [0.1, 0.15) is 0 Å². The van der Waals surface area contributed by atoms with Crippen molar-refractivity contribution in [2.24, 2.45) is 0 Å². The summed E-state index contributed by atoms with van der Waals surface area (Å²) in [5.41, 5.74) is 0.449. The third-order valence-corrected chi connectivity index (χ3v) is 3.51. The first-order valence-corrected chi connectivity index (χ1v) is 7.32. The molecule has 1 atom stereocenters. The van der Waals surface area contributed by atoms with Crippen molar-refractivity contribution >= 4 is 40.8 Å². The summed E-state index contributed by atoms with van der Waals surface area (Å²) in [5, 5.41) is 12.4. The first-order chi connectivity index (χ1) is 9.85. The van der Waals surface area contributed by atoms with Crippen LogP contribution in [0.4, 0.5) is 5.69 Å². The molecule has 0 aromatic heterocycles. The summed E-state index contributed by atoms with van der Waals surface area (Å²) in [6, 6.07) is 4.18. The van der Waals surface area contributed by atoms with Crippen molar-refractivity contribution in [3.05, 3.63) is 28.2 Å². The molecule has 0 aliphatic rings. The highest BCUT2D eigenvalue weighted by atomic mass is 35.5. The molecule has 5 nitrogen and oxygen atoms in total. The van der Waals surface area contributed by atoms with Gasteiger partial charge in [-0.15, -0.1) is 0 Å². The van der Waals surface area contributed by atoms with E-state index in [2.05, 4.69) is 5.32 Å². The lowest BCUT2D eigenvalue weighted by atomic mass is 10.2.